The summed E-state index contributed by atoms with van der Waals surface area (Å²) in [6.45, 7) is 9.83. The van der Waals surface area contributed by atoms with Gasteiger partial charge in [0.15, 0.2) is 0 Å². The van der Waals surface area contributed by atoms with Crippen molar-refractivity contribution in [3.8, 4) is 0 Å². The highest BCUT2D eigenvalue weighted by Gasteiger charge is 2.20. The minimum absolute atomic E-state index is 0.725. The second kappa shape index (κ2) is 8.05. The Morgan fingerprint density at radius 2 is 1.95 bits per heavy atom. The molecule has 2 rings (SSSR count). The zero-order chi connectivity index (χ0) is 15.2. The summed E-state index contributed by atoms with van der Waals surface area (Å²) < 4.78 is 0. The lowest BCUT2D eigenvalue weighted by molar-refractivity contribution is 0.486. The Morgan fingerprint density at radius 3 is 2.48 bits per heavy atom. The molecular weight excluding hydrogens is 280 g/mol. The van der Waals surface area contributed by atoms with Gasteiger partial charge >= 0.3 is 0 Å². The highest BCUT2D eigenvalue weighted by Crippen LogP contribution is 2.26. The third-order valence-corrected chi connectivity index (χ3v) is 4.93. The minimum atomic E-state index is 0.725. The van der Waals surface area contributed by atoms with Gasteiger partial charge in [-0.1, -0.05) is 44.4 Å². The summed E-state index contributed by atoms with van der Waals surface area (Å²) in [5.74, 6) is 0.764. The molecule has 3 heteroatoms. The quantitative estimate of drug-likeness (QED) is 0.701. The summed E-state index contributed by atoms with van der Waals surface area (Å²) >= 11 is 6.47. The van der Waals surface area contributed by atoms with E-state index in [4.69, 9.17) is 11.6 Å². The molecule has 0 atom stereocenters. The molecule has 0 aliphatic heterocycles. The number of halogens is 1. The first kappa shape index (κ1) is 16.6. The van der Waals surface area contributed by atoms with Gasteiger partial charge in [-0.25, -0.2) is 0 Å². The first-order valence-corrected chi connectivity index (χ1v) is 8.82. The third kappa shape index (κ3) is 4.89. The molecule has 0 amide bonds. The van der Waals surface area contributed by atoms with Gasteiger partial charge in [0.25, 0.3) is 0 Å². The summed E-state index contributed by atoms with van der Waals surface area (Å²) in [6.07, 6.45) is 5.11. The molecule has 1 N–H and O–H groups in total. The fraction of sp³-hybridized carbons (Fsp3) is 0.667. The average molecular weight is 309 g/mol. The normalized spacial score (nSPS) is 14.7. The van der Waals surface area contributed by atoms with Crippen LogP contribution in [0.5, 0.6) is 0 Å². The van der Waals surface area contributed by atoms with Crippen LogP contribution in [0.4, 0.5) is 5.69 Å². The summed E-state index contributed by atoms with van der Waals surface area (Å²) in [5, 5.41) is 4.42. The lowest BCUT2D eigenvalue weighted by atomic mass is 10.0. The fourth-order valence-electron chi connectivity index (χ4n) is 2.69. The maximum atomic E-state index is 6.47. The molecular formula is C18H29ClN2. The maximum absolute atomic E-state index is 6.47. The van der Waals surface area contributed by atoms with Crippen LogP contribution in [0.1, 0.15) is 52.0 Å². The summed E-state index contributed by atoms with van der Waals surface area (Å²) in [7, 11) is 0. The van der Waals surface area contributed by atoms with Crippen molar-refractivity contribution in [2.75, 3.05) is 18.0 Å². The van der Waals surface area contributed by atoms with E-state index in [2.05, 4.69) is 49.2 Å². The molecule has 1 saturated carbocycles. The predicted octanol–water partition coefficient (Wildman–Crippen LogP) is 4.85. The van der Waals surface area contributed by atoms with Crippen LogP contribution in [0.25, 0.3) is 0 Å². The van der Waals surface area contributed by atoms with Crippen LogP contribution >= 0.6 is 11.6 Å². The van der Waals surface area contributed by atoms with Crippen molar-refractivity contribution in [3.63, 3.8) is 0 Å². The molecule has 0 unspecified atom stereocenters. The van der Waals surface area contributed by atoms with Gasteiger partial charge in [0.05, 0.1) is 0 Å². The van der Waals surface area contributed by atoms with E-state index >= 15 is 0 Å². The molecule has 0 heterocycles. The van der Waals surface area contributed by atoms with Gasteiger partial charge in [-0.05, 0) is 43.4 Å². The van der Waals surface area contributed by atoms with Gasteiger partial charge in [0, 0.05) is 36.4 Å². The van der Waals surface area contributed by atoms with E-state index in [0.29, 0.717) is 0 Å². The number of benzene rings is 1. The van der Waals surface area contributed by atoms with E-state index < -0.39 is 0 Å². The van der Waals surface area contributed by atoms with E-state index in [-0.39, 0.29) is 0 Å². The summed E-state index contributed by atoms with van der Waals surface area (Å²) in [4.78, 5) is 2.45. The second-order valence-corrected chi connectivity index (χ2v) is 6.56. The number of nitrogens with zero attached hydrogens (tertiary/aromatic N) is 1. The first-order valence-electron chi connectivity index (χ1n) is 8.44. The number of hydrogen-bond donors (Lipinski definition) is 1. The molecule has 1 aliphatic carbocycles. The molecule has 0 aromatic heterocycles. The second-order valence-electron chi connectivity index (χ2n) is 6.15. The fourth-order valence-corrected chi connectivity index (χ4v) is 2.94. The first-order chi connectivity index (χ1) is 10.2. The van der Waals surface area contributed by atoms with Gasteiger partial charge in [-0.15, -0.1) is 0 Å². The highest BCUT2D eigenvalue weighted by atomic mass is 35.5. The molecule has 2 nitrogen and oxygen atoms in total. The molecule has 1 fully saturated rings. The van der Waals surface area contributed by atoms with Crippen LogP contribution < -0.4 is 10.2 Å². The zero-order valence-corrected chi connectivity index (χ0v) is 14.4. The maximum Gasteiger partial charge on any atom is 0.0471 e. The molecule has 0 radical (unpaired) electrons. The van der Waals surface area contributed by atoms with Crippen LogP contribution in [0.15, 0.2) is 18.2 Å². The molecule has 1 aliphatic rings. The van der Waals surface area contributed by atoms with Crippen molar-refractivity contribution >= 4 is 17.3 Å². The van der Waals surface area contributed by atoms with Crippen LogP contribution in [0, 0.1) is 5.92 Å². The minimum Gasteiger partial charge on any atom is -0.371 e. The predicted molar refractivity (Wildman–Crippen MR) is 93.3 cm³/mol. The van der Waals surface area contributed by atoms with Gasteiger partial charge < -0.3 is 10.2 Å². The SMILES string of the molecule is CCC(CC)CN(CC)c1ccc(CNC2CC2)c(Cl)c1. The standard InChI is InChI=1S/C18H29ClN2/c1-4-14(5-2)13-21(6-3)17-10-7-15(18(19)11-17)12-20-16-8-9-16/h7,10-11,14,16,20H,4-6,8-9,12-13H2,1-3H3. The lowest BCUT2D eigenvalue weighted by Gasteiger charge is -2.28. The van der Waals surface area contributed by atoms with Crippen molar-refractivity contribution in [2.24, 2.45) is 5.92 Å². The number of anilines is 1. The van der Waals surface area contributed by atoms with Crippen molar-refractivity contribution < 1.29 is 0 Å². The molecule has 21 heavy (non-hydrogen) atoms. The van der Waals surface area contributed by atoms with Crippen molar-refractivity contribution in [2.45, 2.75) is 59.0 Å². The lowest BCUT2D eigenvalue weighted by Crippen LogP contribution is -2.29. The Labute approximate surface area is 134 Å². The molecule has 0 spiro atoms. The Morgan fingerprint density at radius 1 is 1.24 bits per heavy atom. The zero-order valence-electron chi connectivity index (χ0n) is 13.7. The largest absolute Gasteiger partial charge is 0.371 e. The van der Waals surface area contributed by atoms with E-state index in [1.165, 1.54) is 36.9 Å². The van der Waals surface area contributed by atoms with Crippen molar-refractivity contribution in [1.82, 2.24) is 5.32 Å². The van der Waals surface area contributed by atoms with Crippen molar-refractivity contribution in [1.29, 1.82) is 0 Å². The molecule has 1 aromatic rings. The highest BCUT2D eigenvalue weighted by molar-refractivity contribution is 6.31. The molecule has 118 valence electrons. The summed E-state index contributed by atoms with van der Waals surface area (Å²) in [6, 6.07) is 7.27. The third-order valence-electron chi connectivity index (χ3n) is 4.58. The van der Waals surface area contributed by atoms with Crippen molar-refractivity contribution in [3.05, 3.63) is 28.8 Å². The molecule has 0 bridgehead atoms. The van der Waals surface area contributed by atoms with Crippen LogP contribution in [-0.4, -0.2) is 19.1 Å². The van der Waals surface area contributed by atoms with Gasteiger partial charge in [0.2, 0.25) is 0 Å². The van der Waals surface area contributed by atoms with E-state index in [9.17, 15) is 0 Å². The number of rotatable bonds is 9. The number of nitrogens with one attached hydrogen (secondary N) is 1. The number of hydrogen-bond acceptors (Lipinski definition) is 2. The Hall–Kier alpha value is -0.730. The topological polar surface area (TPSA) is 15.3 Å². The van der Waals surface area contributed by atoms with Crippen LogP contribution in [-0.2, 0) is 6.54 Å². The average Bonchev–Trinajstić information content (AvgIpc) is 3.32. The van der Waals surface area contributed by atoms with Gasteiger partial charge in [-0.2, -0.15) is 0 Å². The van der Waals surface area contributed by atoms with E-state index in [0.717, 1.165) is 36.6 Å². The van der Waals surface area contributed by atoms with Crippen LogP contribution in [0.3, 0.4) is 0 Å². The Bertz CT molecular complexity index is 439. The monoisotopic (exact) mass is 308 g/mol. The molecule has 0 saturated heterocycles. The van der Waals surface area contributed by atoms with Gasteiger partial charge in [-0.3, -0.25) is 0 Å². The Balaban J connectivity index is 2.01. The van der Waals surface area contributed by atoms with E-state index in [1.54, 1.807) is 0 Å². The smallest absolute Gasteiger partial charge is 0.0471 e. The van der Waals surface area contributed by atoms with Gasteiger partial charge in [0.1, 0.15) is 0 Å². The van der Waals surface area contributed by atoms with Crippen LogP contribution in [0.2, 0.25) is 5.02 Å². The summed E-state index contributed by atoms with van der Waals surface area (Å²) in [5.41, 5.74) is 2.47. The van der Waals surface area contributed by atoms with E-state index in [1.807, 2.05) is 0 Å². The Kier molecular flexibility index (Phi) is 6.38. The molecule has 1 aromatic carbocycles.